The van der Waals surface area contributed by atoms with Crippen molar-refractivity contribution >= 4 is 49.9 Å². The molecule has 162 valence electrons. The van der Waals surface area contributed by atoms with Crippen molar-refractivity contribution in [2.75, 3.05) is 23.7 Å². The standard InChI is InChI=1S/C21H23BrN6O2S/c1-13-16(10-27(2)26-13)23-19(29)11-28-9-3-4-18(28)17-12-31-21(24-17)25-20(30)14-5-7-15(22)8-6-14/h5-8,10,12,18H,3-4,9,11H2,1-2H3,(H,23,29)(H,24,25,30)/t18-/m1/s1. The summed E-state index contributed by atoms with van der Waals surface area (Å²) in [7, 11) is 1.83. The van der Waals surface area contributed by atoms with Gasteiger partial charge in [-0.05, 0) is 50.6 Å². The number of aromatic nitrogens is 3. The van der Waals surface area contributed by atoms with Gasteiger partial charge in [0.1, 0.15) is 0 Å². The van der Waals surface area contributed by atoms with E-state index in [1.165, 1.54) is 11.3 Å². The summed E-state index contributed by atoms with van der Waals surface area (Å²) in [6, 6.07) is 7.24. The van der Waals surface area contributed by atoms with E-state index in [2.05, 4.69) is 41.5 Å². The van der Waals surface area contributed by atoms with Gasteiger partial charge in [0, 0.05) is 28.7 Å². The highest BCUT2D eigenvalue weighted by Crippen LogP contribution is 2.33. The Hall–Kier alpha value is -2.56. The Morgan fingerprint density at radius 3 is 2.74 bits per heavy atom. The number of halogens is 1. The Kier molecular flexibility index (Phi) is 6.49. The Morgan fingerprint density at radius 1 is 1.26 bits per heavy atom. The van der Waals surface area contributed by atoms with Gasteiger partial charge in [-0.25, -0.2) is 4.98 Å². The van der Waals surface area contributed by atoms with Crippen LogP contribution in [0.15, 0.2) is 40.3 Å². The molecule has 0 unspecified atom stereocenters. The van der Waals surface area contributed by atoms with Gasteiger partial charge in [-0.2, -0.15) is 5.10 Å². The average Bonchev–Trinajstić information content (AvgIpc) is 3.43. The Balaban J connectivity index is 1.38. The van der Waals surface area contributed by atoms with Gasteiger partial charge in [-0.15, -0.1) is 11.3 Å². The predicted molar refractivity (Wildman–Crippen MR) is 124 cm³/mol. The molecule has 0 aliphatic carbocycles. The number of likely N-dealkylation sites (tertiary alicyclic amines) is 1. The topological polar surface area (TPSA) is 92.2 Å². The molecular formula is C21H23BrN6O2S. The molecule has 1 aliphatic rings. The van der Waals surface area contributed by atoms with Gasteiger partial charge >= 0.3 is 0 Å². The van der Waals surface area contributed by atoms with E-state index < -0.39 is 0 Å². The molecule has 3 aromatic rings. The summed E-state index contributed by atoms with van der Waals surface area (Å²) in [5.74, 6) is -0.259. The number of nitrogens with one attached hydrogen (secondary N) is 2. The number of thiazole rings is 1. The van der Waals surface area contributed by atoms with Crippen LogP contribution in [0.5, 0.6) is 0 Å². The van der Waals surface area contributed by atoms with Crippen molar-refractivity contribution in [1.82, 2.24) is 19.7 Å². The summed E-state index contributed by atoms with van der Waals surface area (Å²) in [4.78, 5) is 31.8. The summed E-state index contributed by atoms with van der Waals surface area (Å²) in [6.45, 7) is 2.99. The molecule has 31 heavy (non-hydrogen) atoms. The van der Waals surface area contributed by atoms with Crippen LogP contribution in [0.4, 0.5) is 10.8 Å². The Morgan fingerprint density at radius 2 is 2.03 bits per heavy atom. The van der Waals surface area contributed by atoms with Crippen molar-refractivity contribution in [3.63, 3.8) is 0 Å². The summed E-state index contributed by atoms with van der Waals surface area (Å²) >= 11 is 4.77. The van der Waals surface area contributed by atoms with Crippen LogP contribution in [-0.2, 0) is 11.8 Å². The van der Waals surface area contributed by atoms with E-state index in [0.717, 1.165) is 40.9 Å². The third-order valence-corrected chi connectivity index (χ3v) is 6.49. The van der Waals surface area contributed by atoms with Gasteiger partial charge in [0.05, 0.1) is 29.7 Å². The minimum absolute atomic E-state index is 0.0651. The lowest BCUT2D eigenvalue weighted by molar-refractivity contribution is -0.117. The zero-order chi connectivity index (χ0) is 22.0. The SMILES string of the molecule is Cc1nn(C)cc1NC(=O)CN1CCC[C@@H]1c1csc(NC(=O)c2ccc(Br)cc2)n1. The fourth-order valence-electron chi connectivity index (χ4n) is 3.71. The lowest BCUT2D eigenvalue weighted by atomic mass is 10.1. The lowest BCUT2D eigenvalue weighted by Crippen LogP contribution is -2.33. The summed E-state index contributed by atoms with van der Waals surface area (Å²) in [5, 5.41) is 12.6. The fraction of sp³-hybridized carbons (Fsp3) is 0.333. The molecular weight excluding hydrogens is 480 g/mol. The highest BCUT2D eigenvalue weighted by Gasteiger charge is 2.29. The minimum atomic E-state index is -0.192. The molecule has 2 aromatic heterocycles. The van der Waals surface area contributed by atoms with E-state index in [4.69, 9.17) is 0 Å². The normalized spacial score (nSPS) is 16.4. The van der Waals surface area contributed by atoms with Crippen molar-refractivity contribution < 1.29 is 9.59 Å². The number of hydrogen-bond donors (Lipinski definition) is 2. The number of aryl methyl sites for hydroxylation is 2. The van der Waals surface area contributed by atoms with Crippen LogP contribution in [0.25, 0.3) is 0 Å². The second-order valence-electron chi connectivity index (χ2n) is 7.52. The Labute approximate surface area is 192 Å². The van der Waals surface area contributed by atoms with Crippen LogP contribution in [-0.4, -0.2) is 44.6 Å². The molecule has 0 saturated carbocycles. The maximum absolute atomic E-state index is 12.6. The minimum Gasteiger partial charge on any atom is -0.322 e. The van der Waals surface area contributed by atoms with Crippen molar-refractivity contribution in [2.24, 2.45) is 7.05 Å². The van der Waals surface area contributed by atoms with E-state index in [1.54, 1.807) is 23.0 Å². The first-order valence-corrected chi connectivity index (χ1v) is 11.6. The van der Waals surface area contributed by atoms with Crippen molar-refractivity contribution in [2.45, 2.75) is 25.8 Å². The van der Waals surface area contributed by atoms with Crippen molar-refractivity contribution in [3.8, 4) is 0 Å². The van der Waals surface area contributed by atoms with E-state index in [-0.39, 0.29) is 24.4 Å². The quantitative estimate of drug-likeness (QED) is 0.531. The molecule has 4 rings (SSSR count). The van der Waals surface area contributed by atoms with Crippen molar-refractivity contribution in [1.29, 1.82) is 0 Å². The zero-order valence-corrected chi connectivity index (χ0v) is 19.7. The van der Waals surface area contributed by atoms with E-state index in [9.17, 15) is 9.59 Å². The van der Waals surface area contributed by atoms with E-state index in [1.807, 2.05) is 31.5 Å². The zero-order valence-electron chi connectivity index (χ0n) is 17.3. The monoisotopic (exact) mass is 502 g/mol. The van der Waals surface area contributed by atoms with Crippen LogP contribution in [0.1, 0.15) is 40.6 Å². The van der Waals surface area contributed by atoms with Gasteiger partial charge in [0.15, 0.2) is 5.13 Å². The summed E-state index contributed by atoms with van der Waals surface area (Å²) in [5.41, 5.74) is 2.98. The maximum Gasteiger partial charge on any atom is 0.257 e. The molecule has 1 fully saturated rings. The van der Waals surface area contributed by atoms with Crippen molar-refractivity contribution in [3.05, 3.63) is 57.3 Å². The first-order chi connectivity index (χ1) is 14.9. The van der Waals surface area contributed by atoms with Gasteiger partial charge < -0.3 is 5.32 Å². The molecule has 2 amide bonds. The molecule has 0 radical (unpaired) electrons. The van der Waals surface area contributed by atoms with Crippen LogP contribution in [0, 0.1) is 6.92 Å². The summed E-state index contributed by atoms with van der Waals surface area (Å²) in [6.07, 6.45) is 3.74. The molecule has 3 heterocycles. The predicted octanol–water partition coefficient (Wildman–Crippen LogP) is 3.98. The second-order valence-corrected chi connectivity index (χ2v) is 9.29. The Bertz CT molecular complexity index is 1090. The van der Waals surface area contributed by atoms with E-state index in [0.29, 0.717) is 10.7 Å². The number of hydrogen-bond acceptors (Lipinski definition) is 6. The molecule has 1 aromatic carbocycles. The third kappa shape index (κ3) is 5.20. The van der Waals surface area contributed by atoms with Crippen LogP contribution in [0.2, 0.25) is 0 Å². The highest BCUT2D eigenvalue weighted by atomic mass is 79.9. The number of amides is 2. The molecule has 0 bridgehead atoms. The second kappa shape index (κ2) is 9.29. The number of rotatable bonds is 6. The van der Waals surface area contributed by atoms with Gasteiger partial charge in [0.25, 0.3) is 5.91 Å². The maximum atomic E-state index is 12.6. The first kappa shape index (κ1) is 21.7. The van der Waals surface area contributed by atoms with Gasteiger partial charge in [0.2, 0.25) is 5.91 Å². The molecule has 10 heteroatoms. The summed E-state index contributed by atoms with van der Waals surface area (Å²) < 4.78 is 2.60. The largest absolute Gasteiger partial charge is 0.322 e. The molecule has 1 aliphatic heterocycles. The number of anilines is 2. The third-order valence-electron chi connectivity index (χ3n) is 5.19. The van der Waals surface area contributed by atoms with Crippen LogP contribution < -0.4 is 10.6 Å². The number of benzene rings is 1. The fourth-order valence-corrected chi connectivity index (χ4v) is 4.73. The average molecular weight is 503 g/mol. The van der Waals surface area contributed by atoms with Crippen LogP contribution in [0.3, 0.4) is 0 Å². The molecule has 2 N–H and O–H groups in total. The molecule has 0 spiro atoms. The van der Waals surface area contributed by atoms with Gasteiger partial charge in [-0.1, -0.05) is 15.9 Å². The van der Waals surface area contributed by atoms with Gasteiger partial charge in [-0.3, -0.25) is 24.5 Å². The smallest absolute Gasteiger partial charge is 0.257 e. The number of carbonyl (C=O) groups is 2. The molecule has 8 nitrogen and oxygen atoms in total. The molecule has 1 saturated heterocycles. The molecule has 1 atom stereocenters. The van der Waals surface area contributed by atoms with E-state index >= 15 is 0 Å². The number of carbonyl (C=O) groups excluding carboxylic acids is 2. The highest BCUT2D eigenvalue weighted by molar-refractivity contribution is 9.10. The first-order valence-electron chi connectivity index (χ1n) is 9.95. The van der Waals surface area contributed by atoms with Crippen LogP contribution >= 0.6 is 27.3 Å². The lowest BCUT2D eigenvalue weighted by Gasteiger charge is -2.22. The number of nitrogens with zero attached hydrogens (tertiary/aromatic N) is 4.